The Bertz CT molecular complexity index is 1280. The molecule has 1 aromatic heterocycles. The number of carbonyl (C=O) groups is 2. The number of carboxylic acids is 2. The van der Waals surface area contributed by atoms with Gasteiger partial charge in [0.2, 0.25) is 5.95 Å². The maximum atomic E-state index is 9.55. The number of likely N-dealkylation sites (tertiary alicyclic amines) is 1. The first-order chi connectivity index (χ1) is 19.4. The van der Waals surface area contributed by atoms with E-state index >= 15 is 0 Å². The van der Waals surface area contributed by atoms with E-state index in [0.29, 0.717) is 18.2 Å². The second-order valence-corrected chi connectivity index (χ2v) is 9.95. The van der Waals surface area contributed by atoms with E-state index in [4.69, 9.17) is 24.9 Å². The average molecular weight is 548 g/mol. The van der Waals surface area contributed by atoms with E-state index in [9.17, 15) is 9.59 Å². The van der Waals surface area contributed by atoms with Crippen LogP contribution in [0.4, 0.5) is 11.8 Å². The minimum atomic E-state index is -1.26. The van der Waals surface area contributed by atoms with Crippen LogP contribution in [0.15, 0.2) is 60.7 Å². The number of benzene rings is 2. The Balaban J connectivity index is 0.000000406. The fourth-order valence-corrected chi connectivity index (χ4v) is 5.00. The molecule has 2 aliphatic heterocycles. The lowest BCUT2D eigenvalue weighted by molar-refractivity contribution is -0.134. The van der Waals surface area contributed by atoms with E-state index in [1.807, 2.05) is 12.1 Å². The highest BCUT2D eigenvalue weighted by Gasteiger charge is 2.22. The van der Waals surface area contributed by atoms with E-state index in [0.717, 1.165) is 80.4 Å². The normalized spacial score (nSPS) is 16.1. The summed E-state index contributed by atoms with van der Waals surface area (Å²) in [4.78, 5) is 33.9. The van der Waals surface area contributed by atoms with Crippen molar-refractivity contribution >= 4 is 34.6 Å². The number of carboxylic acid groups (broad SMARTS) is 2. The minimum absolute atomic E-state index is 0.430. The molecule has 0 atom stereocenters. The average Bonchev–Trinajstić information content (AvgIpc) is 3.51. The minimum Gasteiger partial charge on any atom is -0.497 e. The van der Waals surface area contributed by atoms with Crippen LogP contribution in [0.3, 0.4) is 0 Å². The number of aliphatic carboxylic acids is 2. The molecule has 0 aliphatic carbocycles. The van der Waals surface area contributed by atoms with Gasteiger partial charge in [0.15, 0.2) is 0 Å². The van der Waals surface area contributed by atoms with Crippen molar-refractivity contribution in [3.8, 4) is 5.75 Å². The summed E-state index contributed by atoms with van der Waals surface area (Å²) in [5, 5.41) is 20.4. The van der Waals surface area contributed by atoms with Gasteiger partial charge in [-0.05, 0) is 61.9 Å². The molecule has 2 saturated heterocycles. The maximum Gasteiger partial charge on any atom is 0.328 e. The van der Waals surface area contributed by atoms with Gasteiger partial charge < -0.3 is 30.1 Å². The van der Waals surface area contributed by atoms with Gasteiger partial charge in [-0.2, -0.15) is 4.98 Å². The van der Waals surface area contributed by atoms with Gasteiger partial charge in [-0.15, -0.1) is 0 Å². The molecule has 0 amide bonds. The molecule has 2 aliphatic rings. The number of hydrogen-bond donors (Lipinski definition) is 3. The van der Waals surface area contributed by atoms with Gasteiger partial charge in [-0.25, -0.2) is 14.6 Å². The lowest BCUT2D eigenvalue weighted by Crippen LogP contribution is -2.40. The van der Waals surface area contributed by atoms with E-state index in [1.54, 1.807) is 7.11 Å². The molecule has 10 nitrogen and oxygen atoms in total. The summed E-state index contributed by atoms with van der Waals surface area (Å²) in [5.41, 5.74) is 2.40. The SMILES string of the molecule is COc1ccc(CCN2CCC(Nc3nc(N4CCCC4)c4ccccc4n3)CC2)cc1.O=C(O)/C=C/C(=O)O. The van der Waals surface area contributed by atoms with Gasteiger partial charge in [0.25, 0.3) is 0 Å². The summed E-state index contributed by atoms with van der Waals surface area (Å²) < 4.78 is 5.25. The van der Waals surface area contributed by atoms with Crippen molar-refractivity contribution in [3.05, 3.63) is 66.2 Å². The van der Waals surface area contributed by atoms with Crippen molar-refractivity contribution in [3.63, 3.8) is 0 Å². The van der Waals surface area contributed by atoms with Crippen molar-refractivity contribution in [1.29, 1.82) is 0 Å². The molecule has 40 heavy (non-hydrogen) atoms. The Labute approximate surface area is 234 Å². The molecular formula is C30H37N5O5. The van der Waals surface area contributed by atoms with E-state index < -0.39 is 11.9 Å². The highest BCUT2D eigenvalue weighted by atomic mass is 16.5. The third kappa shape index (κ3) is 8.41. The smallest absolute Gasteiger partial charge is 0.328 e. The van der Waals surface area contributed by atoms with Crippen LogP contribution in [0.1, 0.15) is 31.2 Å². The van der Waals surface area contributed by atoms with Crippen LogP contribution in [0.5, 0.6) is 5.75 Å². The number of para-hydroxylation sites is 1. The van der Waals surface area contributed by atoms with Crippen molar-refractivity contribution < 1.29 is 24.5 Å². The molecule has 0 radical (unpaired) electrons. The Morgan fingerprint density at radius 1 is 0.950 bits per heavy atom. The summed E-state index contributed by atoms with van der Waals surface area (Å²) in [6, 6.07) is 17.3. The quantitative estimate of drug-likeness (QED) is 0.337. The molecule has 212 valence electrons. The lowest BCUT2D eigenvalue weighted by atomic mass is 10.0. The molecule has 3 heterocycles. The van der Waals surface area contributed by atoms with Crippen LogP contribution in [-0.2, 0) is 16.0 Å². The van der Waals surface area contributed by atoms with Crippen LogP contribution >= 0.6 is 0 Å². The first-order valence-corrected chi connectivity index (χ1v) is 13.7. The molecule has 2 aromatic carbocycles. The summed E-state index contributed by atoms with van der Waals surface area (Å²) in [5.74, 6) is 0.277. The maximum absolute atomic E-state index is 9.55. The predicted octanol–water partition coefficient (Wildman–Crippen LogP) is 4.07. The number of hydrogen-bond acceptors (Lipinski definition) is 8. The van der Waals surface area contributed by atoms with E-state index in [1.165, 1.54) is 18.4 Å². The van der Waals surface area contributed by atoms with Crippen LogP contribution in [0, 0.1) is 0 Å². The fourth-order valence-electron chi connectivity index (χ4n) is 5.00. The standard InChI is InChI=1S/C26H33N5O.C4H4O4/c1-32-22-10-8-20(9-11-22)12-17-30-18-13-21(14-19-30)27-26-28-24-7-3-2-6-23(24)25(29-26)31-15-4-5-16-31;5-3(6)1-2-4(7)8/h2-3,6-11,21H,4-5,12-19H2,1H3,(H,27,28,29);1-2H,(H,5,6)(H,7,8)/b;2-1+. The number of ether oxygens (including phenoxy) is 1. The Kier molecular flexibility index (Phi) is 10.3. The van der Waals surface area contributed by atoms with Gasteiger partial charge in [0.05, 0.1) is 12.6 Å². The molecule has 0 bridgehead atoms. The number of methoxy groups -OCH3 is 1. The third-order valence-electron chi connectivity index (χ3n) is 7.15. The summed E-state index contributed by atoms with van der Waals surface area (Å²) >= 11 is 0. The van der Waals surface area contributed by atoms with E-state index in [2.05, 4.69) is 51.5 Å². The molecule has 0 saturated carbocycles. The number of aromatic nitrogens is 2. The van der Waals surface area contributed by atoms with Gasteiger partial charge in [-0.1, -0.05) is 24.3 Å². The van der Waals surface area contributed by atoms with Crippen LogP contribution < -0.4 is 15.0 Å². The number of fused-ring (bicyclic) bond motifs is 1. The molecule has 3 N–H and O–H groups in total. The Hall–Kier alpha value is -4.18. The third-order valence-corrected chi connectivity index (χ3v) is 7.15. The van der Waals surface area contributed by atoms with Gasteiger partial charge in [-0.3, -0.25) is 0 Å². The molecule has 10 heteroatoms. The highest BCUT2D eigenvalue weighted by molar-refractivity contribution is 5.91. The molecular weight excluding hydrogens is 510 g/mol. The molecule has 2 fully saturated rings. The molecule has 3 aromatic rings. The summed E-state index contributed by atoms with van der Waals surface area (Å²) in [7, 11) is 1.71. The van der Waals surface area contributed by atoms with Gasteiger partial charge in [0.1, 0.15) is 11.6 Å². The van der Waals surface area contributed by atoms with Crippen molar-refractivity contribution in [2.24, 2.45) is 0 Å². The number of anilines is 2. The first-order valence-electron chi connectivity index (χ1n) is 13.7. The fraction of sp³-hybridized carbons (Fsp3) is 0.400. The van der Waals surface area contributed by atoms with Crippen molar-refractivity contribution in [2.75, 3.05) is 50.1 Å². The predicted molar refractivity (Wildman–Crippen MR) is 155 cm³/mol. The van der Waals surface area contributed by atoms with Crippen molar-refractivity contribution in [1.82, 2.24) is 14.9 Å². The van der Waals surface area contributed by atoms with Crippen LogP contribution in [0.2, 0.25) is 0 Å². The zero-order chi connectivity index (χ0) is 28.3. The lowest BCUT2D eigenvalue weighted by Gasteiger charge is -2.32. The molecule has 0 unspecified atom stereocenters. The Morgan fingerprint density at radius 3 is 2.23 bits per heavy atom. The van der Waals surface area contributed by atoms with E-state index in [-0.39, 0.29) is 0 Å². The summed E-state index contributed by atoms with van der Waals surface area (Å²) in [6.45, 7) is 5.51. The molecule has 0 spiro atoms. The number of nitrogens with one attached hydrogen (secondary N) is 1. The van der Waals surface area contributed by atoms with Crippen LogP contribution in [-0.4, -0.2) is 82.9 Å². The number of rotatable bonds is 9. The van der Waals surface area contributed by atoms with Crippen LogP contribution in [0.25, 0.3) is 10.9 Å². The molecule has 5 rings (SSSR count). The van der Waals surface area contributed by atoms with Gasteiger partial charge >= 0.3 is 11.9 Å². The second-order valence-electron chi connectivity index (χ2n) is 9.95. The zero-order valence-corrected chi connectivity index (χ0v) is 22.8. The Morgan fingerprint density at radius 2 is 1.60 bits per heavy atom. The number of nitrogens with zero attached hydrogens (tertiary/aromatic N) is 4. The first kappa shape index (κ1) is 28.8. The van der Waals surface area contributed by atoms with Crippen molar-refractivity contribution in [2.45, 2.75) is 38.1 Å². The topological polar surface area (TPSA) is 128 Å². The van der Waals surface area contributed by atoms with Gasteiger partial charge in [0, 0.05) is 56.3 Å². The summed E-state index contributed by atoms with van der Waals surface area (Å²) in [6.07, 6.45) is 6.93. The highest BCUT2D eigenvalue weighted by Crippen LogP contribution is 2.28. The zero-order valence-electron chi connectivity index (χ0n) is 22.8. The monoisotopic (exact) mass is 547 g/mol. The second kappa shape index (κ2) is 14.3. The number of piperidine rings is 1. The largest absolute Gasteiger partial charge is 0.497 e.